The van der Waals surface area contributed by atoms with Crippen molar-refractivity contribution >= 4 is 10.8 Å². The van der Waals surface area contributed by atoms with E-state index >= 15 is 0 Å². The molecule has 2 nitrogen and oxygen atoms in total. The fourth-order valence-electron chi connectivity index (χ4n) is 3.35. The van der Waals surface area contributed by atoms with Crippen LogP contribution in [0.15, 0.2) is 42.5 Å². The number of aliphatic hydroxyl groups excluding tert-OH is 1. The Labute approximate surface area is 121 Å². The van der Waals surface area contributed by atoms with E-state index in [-0.39, 0.29) is 5.54 Å². The molecule has 0 saturated carbocycles. The predicted molar refractivity (Wildman–Crippen MR) is 83.8 cm³/mol. The van der Waals surface area contributed by atoms with E-state index in [9.17, 15) is 5.11 Å². The molecule has 0 bridgehead atoms. The second-order valence-electron chi connectivity index (χ2n) is 6.45. The van der Waals surface area contributed by atoms with Gasteiger partial charge in [0, 0.05) is 12.1 Å². The number of benzene rings is 2. The topological polar surface area (TPSA) is 23.5 Å². The highest BCUT2D eigenvalue weighted by atomic mass is 16.3. The molecule has 0 aromatic heterocycles. The Hall–Kier alpha value is -1.38. The molecule has 1 unspecified atom stereocenters. The van der Waals surface area contributed by atoms with Crippen molar-refractivity contribution in [1.82, 2.24) is 4.90 Å². The van der Waals surface area contributed by atoms with Gasteiger partial charge >= 0.3 is 0 Å². The van der Waals surface area contributed by atoms with Gasteiger partial charge in [0.2, 0.25) is 0 Å². The summed E-state index contributed by atoms with van der Waals surface area (Å²) in [6, 6.07) is 14.5. The molecule has 1 atom stereocenters. The van der Waals surface area contributed by atoms with Gasteiger partial charge in [-0.3, -0.25) is 4.90 Å². The van der Waals surface area contributed by atoms with Gasteiger partial charge in [-0.2, -0.15) is 0 Å². The quantitative estimate of drug-likeness (QED) is 0.917. The average Bonchev–Trinajstić information content (AvgIpc) is 2.77. The summed E-state index contributed by atoms with van der Waals surface area (Å²) in [7, 11) is 0. The minimum Gasteiger partial charge on any atom is -0.387 e. The SMILES string of the molecule is CC1(C)CCCN1CC(O)c1cccc2ccccc12. The molecular formula is C18H23NO. The third-order valence-corrected chi connectivity index (χ3v) is 4.65. The van der Waals surface area contributed by atoms with E-state index in [0.29, 0.717) is 0 Å². The van der Waals surface area contributed by atoms with E-state index in [4.69, 9.17) is 0 Å². The van der Waals surface area contributed by atoms with Crippen LogP contribution < -0.4 is 0 Å². The van der Waals surface area contributed by atoms with Crippen LogP contribution >= 0.6 is 0 Å². The Morgan fingerprint density at radius 3 is 2.65 bits per heavy atom. The fourth-order valence-corrected chi connectivity index (χ4v) is 3.35. The average molecular weight is 269 g/mol. The van der Waals surface area contributed by atoms with Crippen LogP contribution in [-0.2, 0) is 0 Å². The first-order chi connectivity index (χ1) is 9.58. The van der Waals surface area contributed by atoms with E-state index in [2.05, 4.69) is 43.0 Å². The number of β-amino-alcohol motifs (C(OH)–C–C–N with tert-alkyl or cyclic N) is 1. The zero-order valence-corrected chi connectivity index (χ0v) is 12.3. The second-order valence-corrected chi connectivity index (χ2v) is 6.45. The molecule has 2 aromatic rings. The van der Waals surface area contributed by atoms with E-state index < -0.39 is 6.10 Å². The standard InChI is InChI=1S/C18H23NO/c1-18(2)11-6-12-19(18)13-17(20)16-10-5-8-14-7-3-4-9-15(14)16/h3-5,7-10,17,20H,6,11-13H2,1-2H3. The lowest BCUT2D eigenvalue weighted by molar-refractivity contribution is 0.0787. The number of fused-ring (bicyclic) bond motifs is 1. The second kappa shape index (κ2) is 5.19. The monoisotopic (exact) mass is 269 g/mol. The maximum Gasteiger partial charge on any atom is 0.0923 e. The van der Waals surface area contributed by atoms with Gasteiger partial charge in [0.15, 0.2) is 0 Å². The zero-order chi connectivity index (χ0) is 14.2. The summed E-state index contributed by atoms with van der Waals surface area (Å²) in [6.45, 7) is 6.36. The predicted octanol–water partition coefficient (Wildman–Crippen LogP) is 3.75. The molecule has 3 rings (SSSR count). The van der Waals surface area contributed by atoms with Crippen LogP contribution in [0.2, 0.25) is 0 Å². The Bertz CT molecular complexity index is 600. The Kier molecular flexibility index (Phi) is 3.53. The molecular weight excluding hydrogens is 246 g/mol. The minimum atomic E-state index is -0.418. The third-order valence-electron chi connectivity index (χ3n) is 4.65. The molecule has 106 valence electrons. The normalized spacial score (nSPS) is 20.4. The molecule has 0 amide bonds. The van der Waals surface area contributed by atoms with Crippen molar-refractivity contribution in [1.29, 1.82) is 0 Å². The first-order valence-electron chi connectivity index (χ1n) is 7.49. The molecule has 1 aliphatic rings. The molecule has 1 heterocycles. The zero-order valence-electron chi connectivity index (χ0n) is 12.3. The maximum atomic E-state index is 10.7. The molecule has 0 spiro atoms. The first-order valence-corrected chi connectivity index (χ1v) is 7.49. The van der Waals surface area contributed by atoms with E-state index in [1.807, 2.05) is 18.2 Å². The van der Waals surface area contributed by atoms with Crippen molar-refractivity contribution in [3.63, 3.8) is 0 Å². The van der Waals surface area contributed by atoms with E-state index in [1.54, 1.807) is 0 Å². The highest BCUT2D eigenvalue weighted by Crippen LogP contribution is 2.32. The van der Waals surface area contributed by atoms with Crippen LogP contribution in [0.3, 0.4) is 0 Å². The van der Waals surface area contributed by atoms with Crippen molar-refractivity contribution in [2.24, 2.45) is 0 Å². The minimum absolute atomic E-state index is 0.214. The molecule has 1 fully saturated rings. The summed E-state index contributed by atoms with van der Waals surface area (Å²) in [5.74, 6) is 0. The number of rotatable bonds is 3. The molecule has 0 aliphatic carbocycles. The fraction of sp³-hybridized carbons (Fsp3) is 0.444. The van der Waals surface area contributed by atoms with Crippen LogP contribution in [0.25, 0.3) is 10.8 Å². The Balaban J connectivity index is 1.87. The summed E-state index contributed by atoms with van der Waals surface area (Å²) >= 11 is 0. The van der Waals surface area contributed by atoms with Gasteiger partial charge in [-0.15, -0.1) is 0 Å². The van der Waals surface area contributed by atoms with Crippen LogP contribution in [0, 0.1) is 0 Å². The van der Waals surface area contributed by atoms with Gasteiger partial charge < -0.3 is 5.11 Å². The van der Waals surface area contributed by atoms with Crippen molar-refractivity contribution in [3.05, 3.63) is 48.0 Å². The van der Waals surface area contributed by atoms with Crippen LogP contribution in [0.1, 0.15) is 38.4 Å². The van der Waals surface area contributed by atoms with Gasteiger partial charge in [-0.05, 0) is 49.6 Å². The lowest BCUT2D eigenvalue weighted by Crippen LogP contribution is -2.40. The molecule has 2 heteroatoms. The lowest BCUT2D eigenvalue weighted by atomic mass is 9.98. The van der Waals surface area contributed by atoms with Gasteiger partial charge in [0.1, 0.15) is 0 Å². The van der Waals surface area contributed by atoms with Crippen LogP contribution in [0.4, 0.5) is 0 Å². The van der Waals surface area contributed by atoms with Gasteiger partial charge in [0.05, 0.1) is 6.10 Å². The summed E-state index contributed by atoms with van der Waals surface area (Å²) in [5, 5.41) is 13.0. The molecule has 20 heavy (non-hydrogen) atoms. The molecule has 1 saturated heterocycles. The summed E-state index contributed by atoms with van der Waals surface area (Å²) in [6.07, 6.45) is 2.03. The highest BCUT2D eigenvalue weighted by Gasteiger charge is 2.33. The van der Waals surface area contributed by atoms with Crippen LogP contribution in [0.5, 0.6) is 0 Å². The summed E-state index contributed by atoms with van der Waals surface area (Å²) in [4.78, 5) is 2.42. The van der Waals surface area contributed by atoms with Gasteiger partial charge in [-0.1, -0.05) is 42.5 Å². The smallest absolute Gasteiger partial charge is 0.0923 e. The number of nitrogens with zero attached hydrogens (tertiary/aromatic N) is 1. The van der Waals surface area contributed by atoms with Crippen LogP contribution in [-0.4, -0.2) is 28.6 Å². The van der Waals surface area contributed by atoms with Crippen molar-refractivity contribution in [3.8, 4) is 0 Å². The number of likely N-dealkylation sites (tertiary alicyclic amines) is 1. The molecule has 0 radical (unpaired) electrons. The third kappa shape index (κ3) is 2.46. The molecule has 1 N–H and O–H groups in total. The first kappa shape index (κ1) is 13.6. The van der Waals surface area contributed by atoms with Crippen molar-refractivity contribution in [2.45, 2.75) is 38.3 Å². The van der Waals surface area contributed by atoms with E-state index in [1.165, 1.54) is 23.6 Å². The number of hydrogen-bond donors (Lipinski definition) is 1. The van der Waals surface area contributed by atoms with Crippen molar-refractivity contribution < 1.29 is 5.11 Å². The number of aliphatic hydroxyl groups is 1. The Morgan fingerprint density at radius 2 is 1.90 bits per heavy atom. The lowest BCUT2D eigenvalue weighted by Gasteiger charge is -2.33. The highest BCUT2D eigenvalue weighted by molar-refractivity contribution is 5.85. The van der Waals surface area contributed by atoms with E-state index in [0.717, 1.165) is 18.7 Å². The molecule has 2 aromatic carbocycles. The maximum absolute atomic E-state index is 10.7. The number of hydrogen-bond acceptors (Lipinski definition) is 2. The van der Waals surface area contributed by atoms with Crippen molar-refractivity contribution in [2.75, 3.05) is 13.1 Å². The summed E-state index contributed by atoms with van der Waals surface area (Å²) in [5.41, 5.74) is 1.26. The largest absolute Gasteiger partial charge is 0.387 e. The Morgan fingerprint density at radius 1 is 1.15 bits per heavy atom. The molecule has 1 aliphatic heterocycles. The van der Waals surface area contributed by atoms with Gasteiger partial charge in [0.25, 0.3) is 0 Å². The van der Waals surface area contributed by atoms with Gasteiger partial charge in [-0.25, -0.2) is 0 Å². The summed E-state index contributed by atoms with van der Waals surface area (Å²) < 4.78 is 0.